The van der Waals surface area contributed by atoms with E-state index >= 15 is 0 Å². The second-order valence-corrected chi connectivity index (χ2v) is 2.95. The van der Waals surface area contributed by atoms with E-state index in [9.17, 15) is 4.79 Å². The molecule has 1 radical (unpaired) electrons. The third kappa shape index (κ3) is 4.68. The van der Waals surface area contributed by atoms with E-state index in [4.69, 9.17) is 5.11 Å². The SMILES string of the molecule is Cc1[c-]c(C)cc(/C=C/C(=O)O)c1.[Y]. The Bertz CT molecular complexity index is 336. The van der Waals surface area contributed by atoms with Gasteiger partial charge in [-0.05, 0) is 0 Å². The van der Waals surface area contributed by atoms with Crippen LogP contribution in [0.2, 0.25) is 0 Å². The van der Waals surface area contributed by atoms with Crippen molar-refractivity contribution in [2.75, 3.05) is 0 Å². The minimum absolute atomic E-state index is 0. The van der Waals surface area contributed by atoms with Crippen LogP contribution in [0.3, 0.4) is 0 Å². The first-order valence-electron chi connectivity index (χ1n) is 3.99. The molecule has 0 fully saturated rings. The maximum atomic E-state index is 10.2. The average Bonchev–Trinajstić information content (AvgIpc) is 1.99. The second-order valence-electron chi connectivity index (χ2n) is 2.95. The maximum Gasteiger partial charge on any atom is 0.328 e. The zero-order valence-corrected chi connectivity index (χ0v) is 11.1. The molecule has 0 unspecified atom stereocenters. The van der Waals surface area contributed by atoms with Crippen molar-refractivity contribution in [1.82, 2.24) is 0 Å². The number of rotatable bonds is 2. The van der Waals surface area contributed by atoms with Crippen molar-refractivity contribution in [3.63, 3.8) is 0 Å². The summed E-state index contributed by atoms with van der Waals surface area (Å²) >= 11 is 0. The molecular weight excluding hydrogens is 253 g/mol. The molecule has 0 saturated carbocycles. The Morgan fingerprint density at radius 2 is 1.86 bits per heavy atom. The Morgan fingerprint density at radius 1 is 1.36 bits per heavy atom. The summed E-state index contributed by atoms with van der Waals surface area (Å²) in [5.41, 5.74) is 2.94. The van der Waals surface area contributed by atoms with Crippen molar-refractivity contribution >= 4 is 12.0 Å². The zero-order chi connectivity index (χ0) is 9.84. The average molecular weight is 264 g/mol. The van der Waals surface area contributed by atoms with Crippen molar-refractivity contribution in [2.45, 2.75) is 13.8 Å². The fourth-order valence-electron chi connectivity index (χ4n) is 1.19. The molecule has 0 heterocycles. The molecule has 1 aromatic carbocycles. The van der Waals surface area contributed by atoms with E-state index in [1.165, 1.54) is 0 Å². The molecule has 0 bridgehead atoms. The fraction of sp³-hybridized carbons (Fsp3) is 0.182. The first kappa shape index (κ1) is 13.5. The smallest absolute Gasteiger partial charge is 0.328 e. The van der Waals surface area contributed by atoms with Crippen molar-refractivity contribution in [2.24, 2.45) is 0 Å². The van der Waals surface area contributed by atoms with Crippen LogP contribution < -0.4 is 0 Å². The second kappa shape index (κ2) is 6.10. The van der Waals surface area contributed by atoms with Crippen LogP contribution >= 0.6 is 0 Å². The van der Waals surface area contributed by atoms with Gasteiger partial charge in [0, 0.05) is 38.8 Å². The van der Waals surface area contributed by atoms with Gasteiger partial charge in [-0.1, -0.05) is 19.9 Å². The van der Waals surface area contributed by atoms with Crippen LogP contribution in [0.5, 0.6) is 0 Å². The normalized spacial score (nSPS) is 9.86. The molecule has 0 aliphatic heterocycles. The van der Waals surface area contributed by atoms with Crippen LogP contribution in [0, 0.1) is 19.9 Å². The summed E-state index contributed by atoms with van der Waals surface area (Å²) < 4.78 is 0. The van der Waals surface area contributed by atoms with Gasteiger partial charge < -0.3 is 5.11 Å². The third-order valence-electron chi connectivity index (χ3n) is 1.58. The molecule has 3 heteroatoms. The molecule has 0 amide bonds. The topological polar surface area (TPSA) is 37.3 Å². The maximum absolute atomic E-state index is 10.2. The number of carboxylic acid groups (broad SMARTS) is 1. The van der Waals surface area contributed by atoms with Gasteiger partial charge in [-0.15, -0.1) is 5.56 Å². The number of hydrogen-bond donors (Lipinski definition) is 1. The van der Waals surface area contributed by atoms with Gasteiger partial charge >= 0.3 is 5.97 Å². The van der Waals surface area contributed by atoms with Crippen molar-refractivity contribution in [3.05, 3.63) is 41.0 Å². The first-order chi connectivity index (χ1) is 6.08. The number of benzene rings is 1. The van der Waals surface area contributed by atoms with Crippen LogP contribution in [-0.4, -0.2) is 11.1 Å². The molecule has 1 aromatic rings. The van der Waals surface area contributed by atoms with Gasteiger partial charge in [0.25, 0.3) is 0 Å². The van der Waals surface area contributed by atoms with Gasteiger partial charge in [-0.3, -0.25) is 0 Å². The quantitative estimate of drug-likeness (QED) is 0.656. The molecule has 0 saturated heterocycles. The molecule has 0 aliphatic carbocycles. The molecule has 0 atom stereocenters. The van der Waals surface area contributed by atoms with E-state index in [-0.39, 0.29) is 32.7 Å². The number of hydrogen-bond acceptors (Lipinski definition) is 1. The standard InChI is InChI=1S/C11H11O2.Y/c1-8-5-9(2)7-10(6-8)3-4-11(12)13;/h3-4,6-7H,1-2H3,(H,12,13);/q-1;/b4-3+;. The summed E-state index contributed by atoms with van der Waals surface area (Å²) in [6.07, 6.45) is 2.71. The minimum atomic E-state index is -0.928. The van der Waals surface area contributed by atoms with Crippen molar-refractivity contribution in [1.29, 1.82) is 0 Å². The van der Waals surface area contributed by atoms with Crippen LogP contribution in [0.1, 0.15) is 16.7 Å². The summed E-state index contributed by atoms with van der Waals surface area (Å²) in [7, 11) is 0. The van der Waals surface area contributed by atoms with Gasteiger partial charge in [-0.2, -0.15) is 29.3 Å². The predicted molar refractivity (Wildman–Crippen MR) is 51.4 cm³/mol. The van der Waals surface area contributed by atoms with E-state index in [2.05, 4.69) is 6.07 Å². The third-order valence-corrected chi connectivity index (χ3v) is 1.58. The monoisotopic (exact) mass is 264 g/mol. The first-order valence-corrected chi connectivity index (χ1v) is 3.99. The molecule has 14 heavy (non-hydrogen) atoms. The van der Waals surface area contributed by atoms with Crippen LogP contribution in [-0.2, 0) is 37.5 Å². The van der Waals surface area contributed by atoms with Crippen molar-refractivity contribution < 1.29 is 42.6 Å². The molecule has 71 valence electrons. The minimum Gasteiger partial charge on any atom is -0.478 e. The number of aliphatic carboxylic acids is 1. The Morgan fingerprint density at radius 3 is 2.29 bits per heavy atom. The Kier molecular flexibility index (Phi) is 5.90. The molecular formula is C11H11O2Y-. The van der Waals surface area contributed by atoms with E-state index in [1.54, 1.807) is 6.08 Å². The van der Waals surface area contributed by atoms with Crippen LogP contribution in [0.4, 0.5) is 0 Å². The van der Waals surface area contributed by atoms with Gasteiger partial charge in [-0.25, -0.2) is 4.79 Å². The van der Waals surface area contributed by atoms with E-state index in [0.29, 0.717) is 0 Å². The molecule has 1 rings (SSSR count). The predicted octanol–water partition coefficient (Wildman–Crippen LogP) is 2.20. The summed E-state index contributed by atoms with van der Waals surface area (Å²) in [6, 6.07) is 6.91. The number of carboxylic acids is 1. The number of carbonyl (C=O) groups is 1. The Balaban J connectivity index is 0.00000169. The fourth-order valence-corrected chi connectivity index (χ4v) is 1.19. The van der Waals surface area contributed by atoms with Crippen LogP contribution in [0.15, 0.2) is 18.2 Å². The molecule has 0 spiro atoms. The van der Waals surface area contributed by atoms with E-state index < -0.39 is 5.97 Å². The molecule has 0 aliphatic rings. The van der Waals surface area contributed by atoms with Gasteiger partial charge in [0.2, 0.25) is 0 Å². The summed E-state index contributed by atoms with van der Waals surface area (Å²) in [5.74, 6) is -0.928. The Hall–Kier alpha value is -0.466. The van der Waals surface area contributed by atoms with E-state index in [1.807, 2.05) is 26.0 Å². The number of aryl methyl sites for hydroxylation is 2. The van der Waals surface area contributed by atoms with E-state index in [0.717, 1.165) is 22.8 Å². The summed E-state index contributed by atoms with van der Waals surface area (Å²) in [6.45, 7) is 3.87. The van der Waals surface area contributed by atoms with Crippen LogP contribution in [0.25, 0.3) is 6.08 Å². The van der Waals surface area contributed by atoms with Gasteiger partial charge in [0.05, 0.1) is 0 Å². The molecule has 0 aromatic heterocycles. The summed E-state index contributed by atoms with van der Waals surface area (Å²) in [4.78, 5) is 10.2. The largest absolute Gasteiger partial charge is 0.478 e. The Labute approximate surface area is 109 Å². The summed E-state index contributed by atoms with van der Waals surface area (Å²) in [5, 5.41) is 8.42. The zero-order valence-electron chi connectivity index (χ0n) is 8.24. The molecule has 2 nitrogen and oxygen atoms in total. The van der Waals surface area contributed by atoms with Gasteiger partial charge in [0.1, 0.15) is 0 Å². The van der Waals surface area contributed by atoms with Gasteiger partial charge in [0.15, 0.2) is 0 Å². The molecule has 1 N–H and O–H groups in total. The van der Waals surface area contributed by atoms with Crippen molar-refractivity contribution in [3.8, 4) is 0 Å².